The molecule has 4 N–H and O–H groups in total. The highest BCUT2D eigenvalue weighted by atomic mass is 32.1. The summed E-state index contributed by atoms with van der Waals surface area (Å²) in [5.41, 5.74) is 5.68. The van der Waals surface area contributed by atoms with Crippen molar-refractivity contribution in [2.24, 2.45) is 0 Å². The molecule has 1 fully saturated rings. The van der Waals surface area contributed by atoms with Gasteiger partial charge in [0.25, 0.3) is 5.91 Å². The molecule has 0 saturated carbocycles. The number of aromatic amines is 1. The number of hydrogen-bond donors (Lipinski definition) is 4. The molecular formula is C13H21N5O2S. The number of thiocarbonyl (C=S) groups is 1. The molecule has 2 rings (SSSR count). The van der Waals surface area contributed by atoms with Gasteiger partial charge in [-0.3, -0.25) is 20.5 Å². The summed E-state index contributed by atoms with van der Waals surface area (Å²) in [4.78, 5) is 16.8. The van der Waals surface area contributed by atoms with Crippen LogP contribution in [0.3, 0.4) is 0 Å². The van der Waals surface area contributed by atoms with Crippen LogP contribution in [0.25, 0.3) is 0 Å². The highest BCUT2D eigenvalue weighted by Gasteiger charge is 2.09. The van der Waals surface area contributed by atoms with Crippen molar-refractivity contribution < 1.29 is 9.53 Å². The number of hydrazine groups is 1. The Morgan fingerprint density at radius 2 is 2.19 bits per heavy atom. The summed E-state index contributed by atoms with van der Waals surface area (Å²) in [6.45, 7) is 5.41. The Kier molecular flexibility index (Phi) is 6.45. The first-order chi connectivity index (χ1) is 10.3. The summed E-state index contributed by atoms with van der Waals surface area (Å²) in [7, 11) is 0. The van der Waals surface area contributed by atoms with Gasteiger partial charge >= 0.3 is 0 Å². The van der Waals surface area contributed by atoms with E-state index in [1.165, 1.54) is 0 Å². The minimum Gasteiger partial charge on any atom is -0.379 e. The number of morpholine rings is 1. The van der Waals surface area contributed by atoms with Gasteiger partial charge in [0.1, 0.15) is 5.69 Å². The summed E-state index contributed by atoms with van der Waals surface area (Å²) in [5.74, 6) is -0.252. The average molecular weight is 311 g/mol. The fourth-order valence-electron chi connectivity index (χ4n) is 2.03. The van der Waals surface area contributed by atoms with E-state index < -0.39 is 0 Å². The normalized spacial score (nSPS) is 15.4. The van der Waals surface area contributed by atoms with Crippen molar-refractivity contribution in [2.45, 2.75) is 6.42 Å². The van der Waals surface area contributed by atoms with Gasteiger partial charge in [-0.2, -0.15) is 0 Å². The van der Waals surface area contributed by atoms with Crippen LogP contribution in [0.5, 0.6) is 0 Å². The second-order valence-electron chi connectivity index (χ2n) is 4.73. The summed E-state index contributed by atoms with van der Waals surface area (Å²) in [6, 6.07) is 3.45. The first-order valence-electron chi connectivity index (χ1n) is 7.03. The van der Waals surface area contributed by atoms with Crippen molar-refractivity contribution in [3.05, 3.63) is 24.0 Å². The first-order valence-corrected chi connectivity index (χ1v) is 7.44. The second-order valence-corrected chi connectivity index (χ2v) is 5.13. The van der Waals surface area contributed by atoms with Crippen LogP contribution in [0.4, 0.5) is 0 Å². The maximum atomic E-state index is 11.6. The molecule has 0 aliphatic carbocycles. The third-order valence-electron chi connectivity index (χ3n) is 3.17. The van der Waals surface area contributed by atoms with E-state index in [-0.39, 0.29) is 5.91 Å². The van der Waals surface area contributed by atoms with Gasteiger partial charge in [0.05, 0.1) is 13.2 Å². The zero-order valence-corrected chi connectivity index (χ0v) is 12.7. The highest BCUT2D eigenvalue weighted by Crippen LogP contribution is 1.97. The van der Waals surface area contributed by atoms with Gasteiger partial charge < -0.3 is 15.0 Å². The monoisotopic (exact) mass is 311 g/mol. The molecule has 0 radical (unpaired) electrons. The molecule has 1 aliphatic rings. The molecule has 1 aliphatic heterocycles. The van der Waals surface area contributed by atoms with Crippen LogP contribution in [0.15, 0.2) is 18.3 Å². The number of hydrogen-bond acceptors (Lipinski definition) is 4. The Balaban J connectivity index is 1.52. The molecule has 1 saturated heterocycles. The molecule has 0 spiro atoms. The summed E-state index contributed by atoms with van der Waals surface area (Å²) in [5, 5.41) is 3.47. The highest BCUT2D eigenvalue weighted by molar-refractivity contribution is 7.80. The van der Waals surface area contributed by atoms with Crippen LogP contribution in [0.1, 0.15) is 16.9 Å². The second kappa shape index (κ2) is 8.60. The lowest BCUT2D eigenvalue weighted by atomic mass is 10.3. The van der Waals surface area contributed by atoms with Crippen molar-refractivity contribution in [1.82, 2.24) is 26.1 Å². The smallest absolute Gasteiger partial charge is 0.286 e. The van der Waals surface area contributed by atoms with Gasteiger partial charge in [0, 0.05) is 25.8 Å². The zero-order valence-electron chi connectivity index (χ0n) is 11.9. The van der Waals surface area contributed by atoms with E-state index in [0.29, 0.717) is 10.8 Å². The molecule has 1 amide bonds. The summed E-state index contributed by atoms with van der Waals surface area (Å²) in [6.07, 6.45) is 2.68. The molecule has 0 aromatic carbocycles. The number of H-pyrrole nitrogens is 1. The predicted molar refractivity (Wildman–Crippen MR) is 83.9 cm³/mol. The lowest BCUT2D eigenvalue weighted by Crippen LogP contribution is -2.47. The molecule has 8 heteroatoms. The van der Waals surface area contributed by atoms with Gasteiger partial charge in [0.15, 0.2) is 5.11 Å². The molecule has 0 unspecified atom stereocenters. The maximum Gasteiger partial charge on any atom is 0.286 e. The van der Waals surface area contributed by atoms with Crippen LogP contribution < -0.4 is 16.2 Å². The van der Waals surface area contributed by atoms with E-state index in [2.05, 4.69) is 26.1 Å². The molecule has 0 atom stereocenters. The number of nitrogens with zero attached hydrogens (tertiary/aromatic N) is 1. The van der Waals surface area contributed by atoms with E-state index in [1.54, 1.807) is 18.3 Å². The topological polar surface area (TPSA) is 81.4 Å². The van der Waals surface area contributed by atoms with E-state index in [0.717, 1.165) is 45.8 Å². The van der Waals surface area contributed by atoms with Crippen molar-refractivity contribution in [1.29, 1.82) is 0 Å². The van der Waals surface area contributed by atoms with Gasteiger partial charge in [-0.1, -0.05) is 0 Å². The zero-order chi connectivity index (χ0) is 14.9. The lowest BCUT2D eigenvalue weighted by molar-refractivity contribution is 0.0376. The average Bonchev–Trinajstić information content (AvgIpc) is 3.05. The fraction of sp³-hybridized carbons (Fsp3) is 0.538. The Hall–Kier alpha value is -1.64. The third kappa shape index (κ3) is 5.70. The van der Waals surface area contributed by atoms with E-state index in [9.17, 15) is 4.79 Å². The molecule has 2 heterocycles. The van der Waals surface area contributed by atoms with Crippen LogP contribution in [-0.4, -0.2) is 60.3 Å². The molecule has 1 aromatic heterocycles. The molecule has 7 nitrogen and oxygen atoms in total. The number of carbonyl (C=O) groups excluding carboxylic acids is 1. The number of carbonyl (C=O) groups is 1. The predicted octanol–water partition coefficient (Wildman–Crippen LogP) is -0.154. The van der Waals surface area contributed by atoms with Crippen molar-refractivity contribution in [3.63, 3.8) is 0 Å². The number of rotatable bonds is 5. The van der Waals surface area contributed by atoms with Crippen LogP contribution in [0, 0.1) is 0 Å². The first kappa shape index (κ1) is 15.7. The third-order valence-corrected chi connectivity index (χ3v) is 3.42. The number of ether oxygens (including phenoxy) is 1. The Morgan fingerprint density at radius 1 is 1.38 bits per heavy atom. The molecule has 1 aromatic rings. The van der Waals surface area contributed by atoms with Crippen LogP contribution in [0.2, 0.25) is 0 Å². The van der Waals surface area contributed by atoms with Crippen molar-refractivity contribution in [2.75, 3.05) is 39.4 Å². The van der Waals surface area contributed by atoms with Gasteiger partial charge in [-0.25, -0.2) is 0 Å². The number of amides is 1. The Morgan fingerprint density at radius 3 is 2.90 bits per heavy atom. The lowest BCUT2D eigenvalue weighted by Gasteiger charge is -2.26. The molecule has 0 bridgehead atoms. The Labute approximate surface area is 129 Å². The van der Waals surface area contributed by atoms with Crippen LogP contribution in [-0.2, 0) is 4.74 Å². The quantitative estimate of drug-likeness (QED) is 0.344. The SMILES string of the molecule is O=C(NNC(=S)NCCCN1CCOCC1)c1ccc[nH]1. The maximum absolute atomic E-state index is 11.6. The Bertz CT molecular complexity index is 445. The van der Waals surface area contributed by atoms with E-state index >= 15 is 0 Å². The number of nitrogens with one attached hydrogen (secondary N) is 4. The fourth-order valence-corrected chi connectivity index (χ4v) is 2.18. The molecular weight excluding hydrogens is 290 g/mol. The van der Waals surface area contributed by atoms with E-state index in [1.807, 2.05) is 0 Å². The van der Waals surface area contributed by atoms with Crippen molar-refractivity contribution in [3.8, 4) is 0 Å². The van der Waals surface area contributed by atoms with Gasteiger partial charge in [0.2, 0.25) is 0 Å². The van der Waals surface area contributed by atoms with Gasteiger partial charge in [-0.15, -0.1) is 0 Å². The molecule has 21 heavy (non-hydrogen) atoms. The van der Waals surface area contributed by atoms with Crippen LogP contribution >= 0.6 is 12.2 Å². The minimum atomic E-state index is -0.252. The van der Waals surface area contributed by atoms with Crippen molar-refractivity contribution >= 4 is 23.2 Å². The van der Waals surface area contributed by atoms with Gasteiger partial charge in [-0.05, 0) is 37.3 Å². The minimum absolute atomic E-state index is 0.252. The standard InChI is InChI=1S/C13H21N5O2S/c19-12(11-3-1-4-14-11)16-17-13(21)15-5-2-6-18-7-9-20-10-8-18/h1,3-4,14H,2,5-10H2,(H,16,19)(H2,15,17,21). The summed E-state index contributed by atoms with van der Waals surface area (Å²) < 4.78 is 5.30. The number of aromatic nitrogens is 1. The van der Waals surface area contributed by atoms with E-state index in [4.69, 9.17) is 17.0 Å². The molecule has 116 valence electrons. The largest absolute Gasteiger partial charge is 0.379 e. The summed E-state index contributed by atoms with van der Waals surface area (Å²) >= 11 is 5.09.